The number of amides is 2. The summed E-state index contributed by atoms with van der Waals surface area (Å²) in [5.74, 6) is -3.91. The van der Waals surface area contributed by atoms with Crippen molar-refractivity contribution in [3.05, 3.63) is 30.1 Å². The number of rotatable bonds is 2. The third kappa shape index (κ3) is 2.89. The van der Waals surface area contributed by atoms with E-state index in [-0.39, 0.29) is 35.9 Å². The highest BCUT2D eigenvalue weighted by Gasteiger charge is 2.53. The van der Waals surface area contributed by atoms with E-state index in [2.05, 4.69) is 0 Å². The van der Waals surface area contributed by atoms with Crippen LogP contribution in [0.15, 0.2) is 24.3 Å². The van der Waals surface area contributed by atoms with Gasteiger partial charge in [-0.3, -0.25) is 9.59 Å². The number of hydrogen-bond donors (Lipinski definition) is 0. The lowest BCUT2D eigenvalue weighted by molar-refractivity contribution is -0.159. The quantitative estimate of drug-likeness (QED) is 0.821. The molecule has 1 aliphatic carbocycles. The van der Waals surface area contributed by atoms with Crippen molar-refractivity contribution in [2.45, 2.75) is 31.6 Å². The van der Waals surface area contributed by atoms with Crippen molar-refractivity contribution in [1.82, 2.24) is 4.90 Å². The van der Waals surface area contributed by atoms with Crippen LogP contribution in [0.1, 0.15) is 25.7 Å². The number of carbonyl (C=O) groups is 2. The molecule has 1 atom stereocenters. The summed E-state index contributed by atoms with van der Waals surface area (Å²) in [4.78, 5) is 28.1. The number of likely N-dealkylation sites (tertiary alicyclic amines) is 1. The SMILES string of the molecule is O=C(C1CC(F)(F)C1)N1CCC2(CC(=O)N(c3ccc(F)cc3)C2)C1. The van der Waals surface area contributed by atoms with Crippen LogP contribution in [-0.2, 0) is 9.59 Å². The molecular weight excluding hydrogens is 333 g/mol. The lowest BCUT2D eigenvalue weighted by Crippen LogP contribution is -2.46. The van der Waals surface area contributed by atoms with Gasteiger partial charge < -0.3 is 9.80 Å². The zero-order valence-electron chi connectivity index (χ0n) is 13.7. The maximum atomic E-state index is 13.1. The monoisotopic (exact) mass is 352 g/mol. The minimum Gasteiger partial charge on any atom is -0.342 e. The van der Waals surface area contributed by atoms with Gasteiger partial charge in [0.15, 0.2) is 0 Å². The summed E-state index contributed by atoms with van der Waals surface area (Å²) in [6.07, 6.45) is 0.284. The highest BCUT2D eigenvalue weighted by atomic mass is 19.3. The Morgan fingerprint density at radius 3 is 2.44 bits per heavy atom. The van der Waals surface area contributed by atoms with Crippen molar-refractivity contribution < 1.29 is 22.8 Å². The number of benzene rings is 1. The van der Waals surface area contributed by atoms with E-state index in [9.17, 15) is 22.8 Å². The summed E-state index contributed by atoms with van der Waals surface area (Å²) < 4.78 is 39.1. The van der Waals surface area contributed by atoms with Crippen molar-refractivity contribution in [1.29, 1.82) is 0 Å². The second kappa shape index (κ2) is 5.47. The van der Waals surface area contributed by atoms with E-state index in [0.717, 1.165) is 0 Å². The van der Waals surface area contributed by atoms with Gasteiger partial charge in [-0.05, 0) is 30.7 Å². The Labute approximate surface area is 143 Å². The summed E-state index contributed by atoms with van der Waals surface area (Å²) in [5, 5.41) is 0. The first-order valence-corrected chi connectivity index (χ1v) is 8.50. The topological polar surface area (TPSA) is 40.6 Å². The number of hydrogen-bond acceptors (Lipinski definition) is 2. The molecule has 0 radical (unpaired) electrons. The fraction of sp³-hybridized carbons (Fsp3) is 0.556. The largest absolute Gasteiger partial charge is 0.342 e. The van der Waals surface area contributed by atoms with Gasteiger partial charge in [0.05, 0.1) is 0 Å². The van der Waals surface area contributed by atoms with Crippen LogP contribution in [0.3, 0.4) is 0 Å². The normalized spacial score (nSPS) is 28.7. The first-order valence-electron chi connectivity index (χ1n) is 8.50. The molecule has 2 amide bonds. The molecule has 4 nitrogen and oxygen atoms in total. The molecule has 0 aromatic heterocycles. The average Bonchev–Trinajstić information content (AvgIpc) is 3.09. The van der Waals surface area contributed by atoms with Gasteiger partial charge in [-0.15, -0.1) is 0 Å². The van der Waals surface area contributed by atoms with Crippen LogP contribution in [-0.4, -0.2) is 42.3 Å². The van der Waals surface area contributed by atoms with E-state index in [1.807, 2.05) is 0 Å². The van der Waals surface area contributed by atoms with Crippen molar-refractivity contribution in [2.24, 2.45) is 11.3 Å². The van der Waals surface area contributed by atoms with Crippen LogP contribution >= 0.6 is 0 Å². The van der Waals surface area contributed by atoms with Crippen LogP contribution in [0.2, 0.25) is 0 Å². The molecule has 1 saturated carbocycles. The molecular formula is C18H19F3N2O2. The summed E-state index contributed by atoms with van der Waals surface area (Å²) >= 11 is 0. The molecule has 1 spiro atoms. The van der Waals surface area contributed by atoms with Gasteiger partial charge >= 0.3 is 0 Å². The number of anilines is 1. The van der Waals surface area contributed by atoms with E-state index < -0.39 is 11.8 Å². The van der Waals surface area contributed by atoms with Crippen molar-refractivity contribution in [2.75, 3.05) is 24.5 Å². The fourth-order valence-electron chi connectivity index (χ4n) is 4.24. The zero-order chi connectivity index (χ0) is 17.8. The van der Waals surface area contributed by atoms with Crippen molar-refractivity contribution >= 4 is 17.5 Å². The van der Waals surface area contributed by atoms with E-state index in [1.54, 1.807) is 21.9 Å². The van der Waals surface area contributed by atoms with E-state index >= 15 is 0 Å². The number of carbonyl (C=O) groups excluding carboxylic acids is 2. The fourth-order valence-corrected chi connectivity index (χ4v) is 4.24. The predicted octanol–water partition coefficient (Wildman–Crippen LogP) is 2.83. The minimum atomic E-state index is -2.71. The summed E-state index contributed by atoms with van der Waals surface area (Å²) in [7, 11) is 0. The molecule has 2 aliphatic heterocycles. The molecule has 25 heavy (non-hydrogen) atoms. The van der Waals surface area contributed by atoms with E-state index in [4.69, 9.17) is 0 Å². The first-order chi connectivity index (χ1) is 11.8. The second-order valence-electron chi connectivity index (χ2n) is 7.60. The van der Waals surface area contributed by atoms with Gasteiger partial charge in [0.2, 0.25) is 17.7 Å². The van der Waals surface area contributed by atoms with Gasteiger partial charge in [-0.25, -0.2) is 13.2 Å². The predicted molar refractivity (Wildman–Crippen MR) is 84.7 cm³/mol. The van der Waals surface area contributed by atoms with Gasteiger partial charge in [-0.2, -0.15) is 0 Å². The van der Waals surface area contributed by atoms with E-state index in [0.29, 0.717) is 38.2 Å². The summed E-state index contributed by atoms with van der Waals surface area (Å²) in [6.45, 7) is 1.41. The number of halogens is 3. The van der Waals surface area contributed by atoms with Crippen molar-refractivity contribution in [3.8, 4) is 0 Å². The van der Waals surface area contributed by atoms with Crippen LogP contribution in [0.4, 0.5) is 18.9 Å². The lowest BCUT2D eigenvalue weighted by atomic mass is 9.80. The summed E-state index contributed by atoms with van der Waals surface area (Å²) in [6, 6.07) is 5.77. The highest BCUT2D eigenvalue weighted by molar-refractivity contribution is 5.96. The van der Waals surface area contributed by atoms with Crippen LogP contribution in [0.25, 0.3) is 0 Å². The Balaban J connectivity index is 1.43. The molecule has 0 bridgehead atoms. The molecule has 1 unspecified atom stereocenters. The second-order valence-corrected chi connectivity index (χ2v) is 7.60. The van der Waals surface area contributed by atoms with Crippen LogP contribution in [0.5, 0.6) is 0 Å². The molecule has 3 fully saturated rings. The smallest absolute Gasteiger partial charge is 0.249 e. The van der Waals surface area contributed by atoms with Gasteiger partial charge in [0.1, 0.15) is 5.82 Å². The maximum absolute atomic E-state index is 13.1. The molecule has 1 aromatic rings. The zero-order valence-corrected chi connectivity index (χ0v) is 13.7. The molecule has 0 N–H and O–H groups in total. The molecule has 134 valence electrons. The van der Waals surface area contributed by atoms with Gasteiger partial charge in [0.25, 0.3) is 0 Å². The Morgan fingerprint density at radius 2 is 1.80 bits per heavy atom. The van der Waals surface area contributed by atoms with Crippen LogP contribution in [0, 0.1) is 17.2 Å². The number of alkyl halides is 2. The standard InChI is InChI=1S/C18H19F3N2O2/c19-13-1-3-14(4-2-13)23-11-17(9-15(23)24)5-6-22(10-17)16(25)12-7-18(20,21)8-12/h1-4,12H,5-11H2. The Hall–Kier alpha value is -2.05. The number of nitrogens with zero attached hydrogens (tertiary/aromatic N) is 2. The van der Waals surface area contributed by atoms with Crippen molar-refractivity contribution in [3.63, 3.8) is 0 Å². The van der Waals surface area contributed by atoms with Crippen LogP contribution < -0.4 is 4.90 Å². The lowest BCUT2D eigenvalue weighted by Gasteiger charge is -2.36. The Bertz CT molecular complexity index is 714. The molecule has 2 heterocycles. The van der Waals surface area contributed by atoms with Gasteiger partial charge in [-0.1, -0.05) is 0 Å². The van der Waals surface area contributed by atoms with E-state index in [1.165, 1.54) is 12.1 Å². The Morgan fingerprint density at radius 1 is 1.12 bits per heavy atom. The third-order valence-electron chi connectivity index (χ3n) is 5.65. The van der Waals surface area contributed by atoms with Gasteiger partial charge in [0, 0.05) is 55.9 Å². The minimum absolute atomic E-state index is 0.0453. The average molecular weight is 352 g/mol. The molecule has 4 rings (SSSR count). The third-order valence-corrected chi connectivity index (χ3v) is 5.65. The Kier molecular flexibility index (Phi) is 3.60. The molecule has 2 saturated heterocycles. The molecule has 3 aliphatic rings. The molecule has 7 heteroatoms. The first kappa shape index (κ1) is 16.4. The maximum Gasteiger partial charge on any atom is 0.249 e. The highest BCUT2D eigenvalue weighted by Crippen LogP contribution is 2.46. The summed E-state index contributed by atoms with van der Waals surface area (Å²) in [5.41, 5.74) is 0.319. The molecule has 1 aromatic carbocycles.